The predicted molar refractivity (Wildman–Crippen MR) is 81.7 cm³/mol. The van der Waals surface area contributed by atoms with Gasteiger partial charge in [-0.15, -0.1) is 0 Å². The quantitative estimate of drug-likeness (QED) is 0.930. The smallest absolute Gasteiger partial charge is 0.183 e. The van der Waals surface area contributed by atoms with Crippen molar-refractivity contribution in [3.05, 3.63) is 36.5 Å². The largest absolute Gasteiger partial charge is 0.359 e. The number of benzene rings is 1. The van der Waals surface area contributed by atoms with E-state index in [-0.39, 0.29) is 0 Å². The van der Waals surface area contributed by atoms with Gasteiger partial charge in [0.25, 0.3) is 0 Å². The minimum atomic E-state index is 0.575. The number of hydrogen-bond donors (Lipinski definition) is 1. The molecule has 1 fully saturated rings. The molecule has 0 spiro atoms. The summed E-state index contributed by atoms with van der Waals surface area (Å²) in [6.45, 7) is 2.35. The van der Waals surface area contributed by atoms with Crippen LogP contribution in [0, 0.1) is 0 Å². The topological polar surface area (TPSA) is 28.2 Å². The highest BCUT2D eigenvalue weighted by Gasteiger charge is 2.17. The van der Waals surface area contributed by atoms with E-state index in [9.17, 15) is 0 Å². The molecule has 19 heavy (non-hydrogen) atoms. The normalized spacial score (nSPS) is 17.5. The Kier molecular flexibility index (Phi) is 3.80. The van der Waals surface area contributed by atoms with Gasteiger partial charge in [-0.1, -0.05) is 41.7 Å². The molecule has 100 valence electrons. The Morgan fingerprint density at radius 1 is 1.21 bits per heavy atom. The van der Waals surface area contributed by atoms with E-state index in [1.165, 1.54) is 36.4 Å². The molecule has 1 aromatic heterocycles. The van der Waals surface area contributed by atoms with Gasteiger partial charge in [0, 0.05) is 12.2 Å². The first-order valence-electron chi connectivity index (χ1n) is 6.77. The fraction of sp³-hybridized carbons (Fsp3) is 0.400. The van der Waals surface area contributed by atoms with Crippen LogP contribution >= 0.6 is 11.3 Å². The summed E-state index contributed by atoms with van der Waals surface area (Å²) in [4.78, 5) is 8.12. The summed E-state index contributed by atoms with van der Waals surface area (Å²) in [7, 11) is 2.19. The number of thiazole rings is 1. The molecule has 1 aliphatic rings. The van der Waals surface area contributed by atoms with Gasteiger partial charge in [-0.05, 0) is 38.5 Å². The van der Waals surface area contributed by atoms with Gasteiger partial charge in [0.1, 0.15) is 0 Å². The first kappa shape index (κ1) is 12.6. The molecular formula is C15H19N3S. The molecule has 3 rings (SSSR count). The maximum absolute atomic E-state index is 4.50. The van der Waals surface area contributed by atoms with Crippen molar-refractivity contribution in [3.8, 4) is 10.4 Å². The molecule has 0 amide bonds. The molecule has 0 saturated carbocycles. The number of hydrogen-bond acceptors (Lipinski definition) is 4. The SMILES string of the molecule is CN1CCC(Nc2ncc(-c3ccccc3)s2)CC1. The molecule has 4 heteroatoms. The molecule has 0 radical (unpaired) electrons. The molecular weight excluding hydrogens is 254 g/mol. The summed E-state index contributed by atoms with van der Waals surface area (Å²) in [5.41, 5.74) is 1.25. The van der Waals surface area contributed by atoms with Gasteiger partial charge in [0.05, 0.1) is 4.88 Å². The molecule has 1 aliphatic heterocycles. The van der Waals surface area contributed by atoms with Crippen molar-refractivity contribution >= 4 is 16.5 Å². The Labute approximate surface area is 118 Å². The van der Waals surface area contributed by atoms with Gasteiger partial charge in [-0.25, -0.2) is 4.98 Å². The second kappa shape index (κ2) is 5.72. The average molecular weight is 273 g/mol. The third-order valence-corrected chi connectivity index (χ3v) is 4.59. The maximum Gasteiger partial charge on any atom is 0.183 e. The average Bonchev–Trinajstić information content (AvgIpc) is 2.91. The first-order chi connectivity index (χ1) is 9.31. The van der Waals surface area contributed by atoms with E-state index < -0.39 is 0 Å². The van der Waals surface area contributed by atoms with Crippen LogP contribution in [0.2, 0.25) is 0 Å². The van der Waals surface area contributed by atoms with Crippen LogP contribution in [0.15, 0.2) is 36.5 Å². The molecule has 0 atom stereocenters. The third kappa shape index (κ3) is 3.14. The first-order valence-corrected chi connectivity index (χ1v) is 7.59. The fourth-order valence-corrected chi connectivity index (χ4v) is 3.30. The number of aromatic nitrogens is 1. The van der Waals surface area contributed by atoms with Gasteiger partial charge < -0.3 is 10.2 Å². The molecule has 3 nitrogen and oxygen atoms in total. The second-order valence-electron chi connectivity index (χ2n) is 5.12. The highest BCUT2D eigenvalue weighted by molar-refractivity contribution is 7.18. The summed E-state index contributed by atoms with van der Waals surface area (Å²) in [5, 5.41) is 4.62. The number of piperidine rings is 1. The predicted octanol–water partition coefficient (Wildman–Crippen LogP) is 3.32. The molecule has 1 saturated heterocycles. The molecule has 0 aliphatic carbocycles. The van der Waals surface area contributed by atoms with Crippen molar-refractivity contribution in [2.75, 3.05) is 25.5 Å². The highest BCUT2D eigenvalue weighted by Crippen LogP contribution is 2.29. The number of rotatable bonds is 3. The van der Waals surface area contributed by atoms with Crippen molar-refractivity contribution in [1.82, 2.24) is 9.88 Å². The number of likely N-dealkylation sites (tertiary alicyclic amines) is 1. The van der Waals surface area contributed by atoms with Gasteiger partial charge in [0.15, 0.2) is 5.13 Å². The Morgan fingerprint density at radius 3 is 2.68 bits per heavy atom. The number of nitrogens with zero attached hydrogens (tertiary/aromatic N) is 2. The lowest BCUT2D eigenvalue weighted by molar-refractivity contribution is 0.264. The van der Waals surface area contributed by atoms with Gasteiger partial charge in [-0.3, -0.25) is 0 Å². The standard InChI is InChI=1S/C15H19N3S/c1-18-9-7-13(8-10-18)17-15-16-11-14(19-15)12-5-3-2-4-6-12/h2-6,11,13H,7-10H2,1H3,(H,16,17). The molecule has 0 unspecified atom stereocenters. The Hall–Kier alpha value is -1.39. The summed E-state index contributed by atoms with van der Waals surface area (Å²) in [6, 6.07) is 11.0. The third-order valence-electron chi connectivity index (χ3n) is 3.61. The second-order valence-corrected chi connectivity index (χ2v) is 6.15. The van der Waals surface area contributed by atoms with Crippen molar-refractivity contribution in [2.45, 2.75) is 18.9 Å². The van der Waals surface area contributed by atoms with E-state index >= 15 is 0 Å². The Balaban J connectivity index is 1.65. The van der Waals surface area contributed by atoms with Crippen LogP contribution in [0.1, 0.15) is 12.8 Å². The van der Waals surface area contributed by atoms with E-state index in [2.05, 4.69) is 46.5 Å². The number of anilines is 1. The van der Waals surface area contributed by atoms with Crippen LogP contribution in [0.4, 0.5) is 5.13 Å². The van der Waals surface area contributed by atoms with E-state index in [0.29, 0.717) is 6.04 Å². The van der Waals surface area contributed by atoms with Crippen LogP contribution < -0.4 is 5.32 Å². The molecule has 0 bridgehead atoms. The van der Waals surface area contributed by atoms with Gasteiger partial charge in [-0.2, -0.15) is 0 Å². The zero-order valence-corrected chi connectivity index (χ0v) is 12.0. The minimum Gasteiger partial charge on any atom is -0.359 e. The van der Waals surface area contributed by atoms with Crippen LogP contribution in [0.25, 0.3) is 10.4 Å². The number of nitrogens with one attached hydrogen (secondary N) is 1. The van der Waals surface area contributed by atoms with E-state index in [1.54, 1.807) is 11.3 Å². The van der Waals surface area contributed by atoms with Crippen LogP contribution in [0.3, 0.4) is 0 Å². The van der Waals surface area contributed by atoms with Crippen molar-refractivity contribution in [2.24, 2.45) is 0 Å². The van der Waals surface area contributed by atoms with E-state index in [4.69, 9.17) is 0 Å². The van der Waals surface area contributed by atoms with Gasteiger partial charge >= 0.3 is 0 Å². The summed E-state index contributed by atoms with van der Waals surface area (Å²) in [5.74, 6) is 0. The summed E-state index contributed by atoms with van der Waals surface area (Å²) in [6.07, 6.45) is 4.38. The zero-order valence-electron chi connectivity index (χ0n) is 11.2. The lowest BCUT2D eigenvalue weighted by Crippen LogP contribution is -2.36. The van der Waals surface area contributed by atoms with Crippen molar-refractivity contribution in [1.29, 1.82) is 0 Å². The Morgan fingerprint density at radius 2 is 1.95 bits per heavy atom. The van der Waals surface area contributed by atoms with Crippen molar-refractivity contribution < 1.29 is 0 Å². The van der Waals surface area contributed by atoms with Gasteiger partial charge in [0.2, 0.25) is 0 Å². The fourth-order valence-electron chi connectivity index (χ4n) is 2.40. The highest BCUT2D eigenvalue weighted by atomic mass is 32.1. The maximum atomic E-state index is 4.50. The zero-order chi connectivity index (χ0) is 13.1. The lowest BCUT2D eigenvalue weighted by atomic mass is 10.1. The van der Waals surface area contributed by atoms with Crippen LogP contribution in [-0.2, 0) is 0 Å². The molecule has 1 N–H and O–H groups in total. The van der Waals surface area contributed by atoms with E-state index in [1.807, 2.05) is 12.3 Å². The molecule has 1 aromatic carbocycles. The van der Waals surface area contributed by atoms with Crippen molar-refractivity contribution in [3.63, 3.8) is 0 Å². The summed E-state index contributed by atoms with van der Waals surface area (Å²) >= 11 is 1.74. The molecule has 2 aromatic rings. The van der Waals surface area contributed by atoms with E-state index in [0.717, 1.165) is 5.13 Å². The summed E-state index contributed by atoms with van der Waals surface area (Å²) < 4.78 is 0. The Bertz CT molecular complexity index is 515. The van der Waals surface area contributed by atoms with Crippen LogP contribution in [-0.4, -0.2) is 36.1 Å². The molecule has 2 heterocycles. The monoisotopic (exact) mass is 273 g/mol. The lowest BCUT2D eigenvalue weighted by Gasteiger charge is -2.29. The van der Waals surface area contributed by atoms with Crippen LogP contribution in [0.5, 0.6) is 0 Å². The minimum absolute atomic E-state index is 0.575.